The molecule has 1 aliphatic rings. The first-order valence-electron chi connectivity index (χ1n) is 11.9. The van der Waals surface area contributed by atoms with E-state index in [-0.39, 0.29) is 11.9 Å². The van der Waals surface area contributed by atoms with Crippen molar-refractivity contribution in [2.75, 3.05) is 26.5 Å². The van der Waals surface area contributed by atoms with E-state index in [1.165, 1.54) is 5.56 Å². The van der Waals surface area contributed by atoms with E-state index in [0.29, 0.717) is 12.1 Å². The highest BCUT2D eigenvalue weighted by atomic mass is 32.2. The van der Waals surface area contributed by atoms with Crippen LogP contribution in [-0.2, 0) is 6.42 Å². The zero-order valence-corrected chi connectivity index (χ0v) is 21.0. The number of nitrogens with one attached hydrogen (secondary N) is 1. The number of aromatic amines is 1. The van der Waals surface area contributed by atoms with Crippen molar-refractivity contribution in [2.45, 2.75) is 30.8 Å². The molecule has 2 aromatic carbocycles. The third-order valence-electron chi connectivity index (χ3n) is 6.47. The van der Waals surface area contributed by atoms with Crippen LogP contribution in [0.25, 0.3) is 10.9 Å². The number of aromatic nitrogens is 2. The fraction of sp³-hybridized carbons (Fsp3) is 0.286. The second kappa shape index (κ2) is 10.0. The summed E-state index contributed by atoms with van der Waals surface area (Å²) in [6.45, 7) is 2.72. The van der Waals surface area contributed by atoms with E-state index >= 15 is 0 Å². The van der Waals surface area contributed by atoms with Gasteiger partial charge in [-0.25, -0.2) is 4.98 Å². The first kappa shape index (κ1) is 23.3. The zero-order valence-electron chi connectivity index (χ0n) is 20.2. The van der Waals surface area contributed by atoms with Crippen LogP contribution in [0.5, 0.6) is 11.5 Å². The molecule has 0 aliphatic carbocycles. The number of methoxy groups -OCH3 is 2. The Hall–Kier alpha value is -3.45. The molecule has 4 aromatic rings. The first-order chi connectivity index (χ1) is 17.2. The van der Waals surface area contributed by atoms with Gasteiger partial charge in [0.05, 0.1) is 19.8 Å². The summed E-state index contributed by atoms with van der Waals surface area (Å²) in [5, 5.41) is 1.91. The van der Waals surface area contributed by atoms with Crippen molar-refractivity contribution in [1.29, 1.82) is 0 Å². The minimum Gasteiger partial charge on any atom is -0.497 e. The summed E-state index contributed by atoms with van der Waals surface area (Å²) in [7, 11) is 3.35. The smallest absolute Gasteiger partial charge is 0.257 e. The third kappa shape index (κ3) is 4.25. The Labute approximate surface area is 209 Å². The van der Waals surface area contributed by atoms with Crippen LogP contribution < -0.4 is 9.47 Å². The van der Waals surface area contributed by atoms with E-state index in [2.05, 4.69) is 23.0 Å². The van der Waals surface area contributed by atoms with E-state index in [9.17, 15) is 4.79 Å². The summed E-state index contributed by atoms with van der Waals surface area (Å²) in [4.78, 5) is 24.2. The topological polar surface area (TPSA) is 67.5 Å². The number of nitrogens with zero attached hydrogens (tertiary/aromatic N) is 2. The second-order valence-corrected chi connectivity index (χ2v) is 9.61. The van der Waals surface area contributed by atoms with Crippen LogP contribution in [0.15, 0.2) is 65.8 Å². The number of ether oxygens (including phenoxy) is 2. The monoisotopic (exact) mass is 487 g/mol. The molecule has 1 amide bonds. The van der Waals surface area contributed by atoms with Gasteiger partial charge in [0, 0.05) is 34.9 Å². The standard InChI is InChI=1S/C28H29N3O3S/c1-4-16-35-27-21(9-7-14-29-27)28(32)31-15-13-19-22-17-18(33-2)11-12-23(22)30-25(19)26(31)20-8-5-6-10-24(20)34-3/h5-12,14,17,26,30H,4,13,15-16H2,1-3H3/t26-/m0/s1. The summed E-state index contributed by atoms with van der Waals surface area (Å²) in [6.07, 6.45) is 3.52. The molecule has 0 spiro atoms. The van der Waals surface area contributed by atoms with Gasteiger partial charge in [0.15, 0.2) is 0 Å². The molecule has 0 saturated heterocycles. The van der Waals surface area contributed by atoms with Gasteiger partial charge in [-0.2, -0.15) is 0 Å². The van der Waals surface area contributed by atoms with E-state index in [1.807, 2.05) is 53.4 Å². The van der Waals surface area contributed by atoms with E-state index in [1.54, 1.807) is 32.2 Å². The number of rotatable bonds is 7. The number of H-pyrrole nitrogens is 1. The minimum absolute atomic E-state index is 0.0190. The highest BCUT2D eigenvalue weighted by Gasteiger charge is 2.37. The SMILES string of the molecule is CCCSc1ncccc1C(=O)N1CCc2c([nH]c3ccc(OC)cc23)[C@@H]1c1ccccc1OC. The van der Waals surface area contributed by atoms with Crippen LogP contribution in [0, 0.1) is 0 Å². The summed E-state index contributed by atoms with van der Waals surface area (Å²) < 4.78 is 11.2. The van der Waals surface area contributed by atoms with Gasteiger partial charge in [-0.1, -0.05) is 25.1 Å². The van der Waals surface area contributed by atoms with Gasteiger partial charge in [0.25, 0.3) is 5.91 Å². The van der Waals surface area contributed by atoms with Crippen LogP contribution in [0.2, 0.25) is 0 Å². The molecule has 3 heterocycles. The molecule has 2 aromatic heterocycles. The van der Waals surface area contributed by atoms with Gasteiger partial charge in [-0.05, 0) is 60.6 Å². The fourth-order valence-corrected chi connectivity index (χ4v) is 5.69. The van der Waals surface area contributed by atoms with Crippen molar-refractivity contribution >= 4 is 28.6 Å². The summed E-state index contributed by atoms with van der Waals surface area (Å²) in [5.41, 5.74) is 4.86. The number of carbonyl (C=O) groups is 1. The predicted molar refractivity (Wildman–Crippen MR) is 140 cm³/mol. The molecular formula is C28H29N3O3S. The van der Waals surface area contributed by atoms with Gasteiger partial charge in [0.2, 0.25) is 0 Å². The Morgan fingerprint density at radius 2 is 2.00 bits per heavy atom. The van der Waals surface area contributed by atoms with E-state index in [0.717, 1.165) is 57.3 Å². The van der Waals surface area contributed by atoms with Gasteiger partial charge < -0.3 is 19.4 Å². The van der Waals surface area contributed by atoms with Crippen molar-refractivity contribution < 1.29 is 14.3 Å². The van der Waals surface area contributed by atoms with Gasteiger partial charge in [-0.15, -0.1) is 11.8 Å². The van der Waals surface area contributed by atoms with E-state index in [4.69, 9.17) is 9.47 Å². The molecule has 0 fully saturated rings. The quantitative estimate of drug-likeness (QED) is 0.330. The molecule has 1 aliphatic heterocycles. The molecule has 7 heteroatoms. The molecule has 0 bridgehead atoms. The third-order valence-corrected chi connectivity index (χ3v) is 7.68. The summed E-state index contributed by atoms with van der Waals surface area (Å²) >= 11 is 1.63. The summed E-state index contributed by atoms with van der Waals surface area (Å²) in [5.74, 6) is 2.47. The van der Waals surface area contributed by atoms with Crippen LogP contribution in [0.1, 0.15) is 46.6 Å². The molecular weight excluding hydrogens is 458 g/mol. The van der Waals surface area contributed by atoms with Crippen molar-refractivity contribution in [1.82, 2.24) is 14.9 Å². The van der Waals surface area contributed by atoms with Gasteiger partial charge >= 0.3 is 0 Å². The first-order valence-corrected chi connectivity index (χ1v) is 12.8. The second-order valence-electron chi connectivity index (χ2n) is 8.53. The van der Waals surface area contributed by atoms with Crippen molar-refractivity contribution in [2.24, 2.45) is 0 Å². The Morgan fingerprint density at radius 3 is 2.80 bits per heavy atom. The van der Waals surface area contributed by atoms with Crippen LogP contribution >= 0.6 is 11.8 Å². The van der Waals surface area contributed by atoms with E-state index < -0.39 is 0 Å². The largest absolute Gasteiger partial charge is 0.497 e. The number of pyridine rings is 1. The number of carbonyl (C=O) groups excluding carboxylic acids is 1. The number of hydrogen-bond acceptors (Lipinski definition) is 5. The number of benzene rings is 2. The fourth-order valence-electron chi connectivity index (χ4n) is 4.85. The lowest BCUT2D eigenvalue weighted by Crippen LogP contribution is -2.41. The number of fused-ring (bicyclic) bond motifs is 3. The normalized spacial score (nSPS) is 15.2. The predicted octanol–water partition coefficient (Wildman–Crippen LogP) is 5.87. The minimum atomic E-state index is -0.315. The zero-order chi connectivity index (χ0) is 24.4. The van der Waals surface area contributed by atoms with Gasteiger partial charge in [0.1, 0.15) is 22.6 Å². The van der Waals surface area contributed by atoms with Crippen LogP contribution in [-0.4, -0.2) is 47.3 Å². The average Bonchev–Trinajstić information content (AvgIpc) is 3.29. The molecule has 0 radical (unpaired) electrons. The number of amides is 1. The Kier molecular flexibility index (Phi) is 6.68. The number of thioether (sulfide) groups is 1. The lowest BCUT2D eigenvalue weighted by Gasteiger charge is -2.37. The molecule has 180 valence electrons. The number of hydrogen-bond donors (Lipinski definition) is 1. The summed E-state index contributed by atoms with van der Waals surface area (Å²) in [6, 6.07) is 17.4. The maximum atomic E-state index is 14.1. The highest BCUT2D eigenvalue weighted by Crippen LogP contribution is 2.43. The Bertz CT molecular complexity index is 1370. The maximum Gasteiger partial charge on any atom is 0.257 e. The van der Waals surface area contributed by atoms with Crippen LogP contribution in [0.4, 0.5) is 0 Å². The van der Waals surface area contributed by atoms with Crippen molar-refractivity contribution in [3.05, 3.63) is 83.2 Å². The molecule has 35 heavy (non-hydrogen) atoms. The lowest BCUT2D eigenvalue weighted by atomic mass is 9.91. The molecule has 0 saturated carbocycles. The lowest BCUT2D eigenvalue weighted by molar-refractivity contribution is 0.0685. The molecule has 1 atom stereocenters. The molecule has 6 nitrogen and oxygen atoms in total. The average molecular weight is 488 g/mol. The van der Waals surface area contributed by atoms with Crippen molar-refractivity contribution in [3.63, 3.8) is 0 Å². The Morgan fingerprint density at radius 1 is 1.14 bits per heavy atom. The number of para-hydroxylation sites is 1. The Balaban J connectivity index is 1.66. The van der Waals surface area contributed by atoms with Crippen LogP contribution in [0.3, 0.4) is 0 Å². The molecule has 5 rings (SSSR count). The maximum absolute atomic E-state index is 14.1. The highest BCUT2D eigenvalue weighted by molar-refractivity contribution is 7.99. The molecule has 0 unspecified atom stereocenters. The molecule has 1 N–H and O–H groups in total. The van der Waals surface area contributed by atoms with Crippen molar-refractivity contribution in [3.8, 4) is 11.5 Å². The van der Waals surface area contributed by atoms with Gasteiger partial charge in [-0.3, -0.25) is 4.79 Å².